The van der Waals surface area contributed by atoms with E-state index in [-0.39, 0.29) is 32.6 Å². The Labute approximate surface area is 473 Å². The topological polar surface area (TPSA) is 134 Å². The quantitative estimate of drug-likeness (QED) is 0.0264. The summed E-state index contributed by atoms with van der Waals surface area (Å²) in [6.45, 7) is 3.57. The molecule has 0 aromatic rings. The van der Waals surface area contributed by atoms with Gasteiger partial charge in [-0.3, -0.25) is 18.6 Å². The number of allylic oxidation sites excluding steroid dienone is 18. The standard InChI is InChI=1S/C67H116NO8P/c1-3-5-7-9-11-13-15-17-19-21-23-25-27-28-29-30-31-32-33-34-35-36-38-39-41-43-45-47-49-51-53-55-57-59-66(69)73-63-65(64-75-77(71,72)74-62-61-68)76-67(70)60-58-56-54-52-50-48-46-44-42-40-37-26-24-22-20-18-16-14-12-10-8-6-4-2/h6,8,12,14-15,17-18,20-21,23-24,26,40,42,46,48,52,54,65H,3-5,7,9-11,13,16,19,22,25,27-39,41,43-45,47,49-51,53,55-64,68H2,1-2H3,(H,71,72)/b8-6-,14-12-,17-15-,20-18-,23-21-,26-24-,42-40-,48-46-,54-52-. The first-order chi connectivity index (χ1) is 37.8. The second kappa shape index (κ2) is 61.9. The number of carbonyl (C=O) groups excluding carboxylic acids is 2. The fourth-order valence-corrected chi connectivity index (χ4v) is 9.30. The fraction of sp³-hybridized carbons (Fsp3) is 0.701. The van der Waals surface area contributed by atoms with Gasteiger partial charge >= 0.3 is 19.8 Å². The van der Waals surface area contributed by atoms with Crippen molar-refractivity contribution in [1.29, 1.82) is 0 Å². The minimum atomic E-state index is -4.41. The number of esters is 2. The summed E-state index contributed by atoms with van der Waals surface area (Å²) in [7, 11) is -4.41. The smallest absolute Gasteiger partial charge is 0.462 e. The zero-order chi connectivity index (χ0) is 55.9. The van der Waals surface area contributed by atoms with Crippen molar-refractivity contribution in [3.8, 4) is 0 Å². The zero-order valence-corrected chi connectivity index (χ0v) is 50.3. The molecule has 0 fully saturated rings. The van der Waals surface area contributed by atoms with E-state index < -0.39 is 32.5 Å². The summed E-state index contributed by atoms with van der Waals surface area (Å²) in [6.07, 6.45) is 84.6. The molecule has 9 nitrogen and oxygen atoms in total. The van der Waals surface area contributed by atoms with Gasteiger partial charge in [-0.2, -0.15) is 0 Å². The lowest BCUT2D eigenvalue weighted by molar-refractivity contribution is -0.161. The highest BCUT2D eigenvalue weighted by atomic mass is 31.2. The molecule has 442 valence electrons. The van der Waals surface area contributed by atoms with Crippen LogP contribution in [0.15, 0.2) is 109 Å². The average Bonchev–Trinajstić information content (AvgIpc) is 3.42. The first kappa shape index (κ1) is 73.7. The molecule has 0 aromatic heterocycles. The molecule has 3 N–H and O–H groups in total. The Morgan fingerprint density at radius 3 is 1.10 bits per heavy atom. The molecule has 0 amide bonds. The SMILES string of the molecule is CC/C=C\C/C=C\C/C=C\C/C=C\C/C=C\C/C=C\C/C=C\CCCC(=O)OC(COC(=O)CCCCCCCCCCCCCCCCCCCCCCC/C=C\C/C=C\CCCCCCC)COP(=O)(O)OCCN. The molecule has 2 atom stereocenters. The summed E-state index contributed by atoms with van der Waals surface area (Å²) in [5.74, 6) is -0.896. The van der Waals surface area contributed by atoms with Crippen molar-refractivity contribution in [3.63, 3.8) is 0 Å². The van der Waals surface area contributed by atoms with Gasteiger partial charge in [-0.1, -0.05) is 271 Å². The van der Waals surface area contributed by atoms with Crippen molar-refractivity contribution in [1.82, 2.24) is 0 Å². The maximum absolute atomic E-state index is 12.7. The Bertz CT molecular complexity index is 1630. The Morgan fingerprint density at radius 2 is 0.727 bits per heavy atom. The van der Waals surface area contributed by atoms with Crippen LogP contribution in [-0.4, -0.2) is 49.3 Å². The summed E-state index contributed by atoms with van der Waals surface area (Å²) in [5, 5.41) is 0. The molecule has 0 bridgehead atoms. The van der Waals surface area contributed by atoms with Crippen LogP contribution in [0, 0.1) is 0 Å². The van der Waals surface area contributed by atoms with Gasteiger partial charge in [0.05, 0.1) is 13.2 Å². The van der Waals surface area contributed by atoms with E-state index in [0.29, 0.717) is 12.8 Å². The van der Waals surface area contributed by atoms with Crippen molar-refractivity contribution in [2.75, 3.05) is 26.4 Å². The van der Waals surface area contributed by atoms with Crippen LogP contribution in [0.3, 0.4) is 0 Å². The molecule has 0 aliphatic rings. The second-order valence-electron chi connectivity index (χ2n) is 20.5. The number of ether oxygens (including phenoxy) is 2. The van der Waals surface area contributed by atoms with Crippen LogP contribution in [0.4, 0.5) is 0 Å². The van der Waals surface area contributed by atoms with Gasteiger partial charge in [-0.15, -0.1) is 0 Å². The maximum Gasteiger partial charge on any atom is 0.472 e. The van der Waals surface area contributed by atoms with Crippen molar-refractivity contribution >= 4 is 19.8 Å². The highest BCUT2D eigenvalue weighted by molar-refractivity contribution is 7.47. The van der Waals surface area contributed by atoms with Gasteiger partial charge in [0.2, 0.25) is 0 Å². The van der Waals surface area contributed by atoms with Gasteiger partial charge < -0.3 is 20.1 Å². The minimum Gasteiger partial charge on any atom is -0.462 e. The fourth-order valence-electron chi connectivity index (χ4n) is 8.54. The van der Waals surface area contributed by atoms with E-state index in [0.717, 1.165) is 70.6 Å². The molecule has 0 saturated heterocycles. The molecule has 0 aromatic carbocycles. The third-order valence-corrected chi connectivity index (χ3v) is 14.1. The van der Waals surface area contributed by atoms with Crippen LogP contribution in [0.1, 0.15) is 271 Å². The van der Waals surface area contributed by atoms with E-state index in [1.165, 1.54) is 161 Å². The third-order valence-electron chi connectivity index (χ3n) is 13.1. The summed E-state index contributed by atoms with van der Waals surface area (Å²) < 4.78 is 33.0. The van der Waals surface area contributed by atoms with E-state index in [1.54, 1.807) is 0 Å². The monoisotopic (exact) mass is 1090 g/mol. The van der Waals surface area contributed by atoms with Crippen LogP contribution >= 0.6 is 7.82 Å². The van der Waals surface area contributed by atoms with Crippen molar-refractivity contribution in [2.24, 2.45) is 5.73 Å². The first-order valence-corrected chi connectivity index (χ1v) is 32.9. The molecule has 0 rings (SSSR count). The predicted molar refractivity (Wildman–Crippen MR) is 330 cm³/mol. The lowest BCUT2D eigenvalue weighted by Crippen LogP contribution is -2.29. The predicted octanol–water partition coefficient (Wildman–Crippen LogP) is 20.2. The number of carbonyl (C=O) groups is 2. The summed E-state index contributed by atoms with van der Waals surface area (Å²) in [4.78, 5) is 35.2. The maximum atomic E-state index is 12.7. The van der Waals surface area contributed by atoms with Gasteiger partial charge in [-0.05, 0) is 96.3 Å². The average molecular weight is 1090 g/mol. The highest BCUT2D eigenvalue weighted by Crippen LogP contribution is 2.43. The Balaban J connectivity index is 3.97. The number of unbranched alkanes of at least 4 members (excludes halogenated alkanes) is 27. The number of rotatable bonds is 58. The number of phosphoric acid groups is 1. The number of hydrogen-bond donors (Lipinski definition) is 2. The van der Waals surface area contributed by atoms with Crippen LogP contribution in [0.2, 0.25) is 0 Å². The van der Waals surface area contributed by atoms with Crippen LogP contribution in [-0.2, 0) is 32.7 Å². The highest BCUT2D eigenvalue weighted by Gasteiger charge is 2.26. The van der Waals surface area contributed by atoms with Gasteiger partial charge in [0.1, 0.15) is 6.61 Å². The molecule has 0 aliphatic heterocycles. The number of hydrogen-bond acceptors (Lipinski definition) is 8. The summed E-state index contributed by atoms with van der Waals surface area (Å²) >= 11 is 0. The number of nitrogens with two attached hydrogens (primary N) is 1. The molecule has 0 saturated carbocycles. The lowest BCUT2D eigenvalue weighted by Gasteiger charge is -2.19. The minimum absolute atomic E-state index is 0.0396. The van der Waals surface area contributed by atoms with Crippen LogP contribution in [0.5, 0.6) is 0 Å². The Hall–Kier alpha value is -3.33. The van der Waals surface area contributed by atoms with E-state index in [1.807, 2.05) is 6.08 Å². The van der Waals surface area contributed by atoms with E-state index in [2.05, 4.69) is 117 Å². The molecule has 77 heavy (non-hydrogen) atoms. The van der Waals surface area contributed by atoms with Crippen molar-refractivity contribution in [2.45, 2.75) is 277 Å². The number of phosphoric ester groups is 1. The van der Waals surface area contributed by atoms with E-state index >= 15 is 0 Å². The van der Waals surface area contributed by atoms with Crippen molar-refractivity contribution < 1.29 is 37.6 Å². The molecule has 0 radical (unpaired) electrons. The zero-order valence-electron chi connectivity index (χ0n) is 49.4. The second-order valence-corrected chi connectivity index (χ2v) is 22.0. The molecular formula is C67H116NO8P. The van der Waals surface area contributed by atoms with E-state index in [4.69, 9.17) is 24.3 Å². The van der Waals surface area contributed by atoms with Gasteiger partial charge in [0.25, 0.3) is 0 Å². The summed E-state index contributed by atoms with van der Waals surface area (Å²) in [6, 6.07) is 0. The Morgan fingerprint density at radius 1 is 0.403 bits per heavy atom. The molecular weight excluding hydrogens is 978 g/mol. The molecule has 0 heterocycles. The van der Waals surface area contributed by atoms with Gasteiger partial charge in [0.15, 0.2) is 6.10 Å². The van der Waals surface area contributed by atoms with Gasteiger partial charge in [0, 0.05) is 19.4 Å². The van der Waals surface area contributed by atoms with E-state index in [9.17, 15) is 19.0 Å². The molecule has 0 aliphatic carbocycles. The molecule has 2 unspecified atom stereocenters. The summed E-state index contributed by atoms with van der Waals surface area (Å²) in [5.41, 5.74) is 5.38. The molecule has 0 spiro atoms. The third kappa shape index (κ3) is 61.7. The Kier molecular flexibility index (Phi) is 59.2. The van der Waals surface area contributed by atoms with Gasteiger partial charge in [-0.25, -0.2) is 4.57 Å². The van der Waals surface area contributed by atoms with Crippen molar-refractivity contribution in [3.05, 3.63) is 109 Å². The van der Waals surface area contributed by atoms with Crippen LogP contribution in [0.25, 0.3) is 0 Å². The molecule has 10 heteroatoms. The largest absolute Gasteiger partial charge is 0.472 e. The van der Waals surface area contributed by atoms with Crippen LogP contribution < -0.4 is 5.73 Å². The first-order valence-electron chi connectivity index (χ1n) is 31.4. The lowest BCUT2D eigenvalue weighted by atomic mass is 10.0. The normalized spacial score (nSPS) is 13.8.